The first-order valence-electron chi connectivity index (χ1n) is 13.5. The van der Waals surface area contributed by atoms with Crippen LogP contribution in [0.4, 0.5) is 0 Å². The maximum Gasteiger partial charge on any atom is 0.336 e. The number of ether oxygens (including phenoxy) is 4. The molecule has 222 valence electrons. The quantitative estimate of drug-likeness (QED) is 0.293. The highest BCUT2D eigenvalue weighted by molar-refractivity contribution is 5.88. The largest absolute Gasteiger partial charge is 0.481 e. The summed E-state index contributed by atoms with van der Waals surface area (Å²) in [7, 11) is 0. The summed E-state index contributed by atoms with van der Waals surface area (Å²) in [5.74, 6) is -1.52. The lowest BCUT2D eigenvalue weighted by molar-refractivity contribution is -0.170. The zero-order valence-electron chi connectivity index (χ0n) is 22.6. The number of rotatable bonds is 12. The summed E-state index contributed by atoms with van der Waals surface area (Å²) in [6.45, 7) is 3.13. The van der Waals surface area contributed by atoms with E-state index < -0.39 is 36.4 Å². The van der Waals surface area contributed by atoms with Gasteiger partial charge in [0.05, 0.1) is 12.8 Å². The molecule has 3 aliphatic rings. The lowest BCUT2D eigenvalue weighted by Gasteiger charge is -2.28. The predicted molar refractivity (Wildman–Crippen MR) is 143 cm³/mol. The summed E-state index contributed by atoms with van der Waals surface area (Å²) in [6.07, 6.45) is 4.84. The van der Waals surface area contributed by atoms with Crippen molar-refractivity contribution in [3.63, 3.8) is 0 Å². The van der Waals surface area contributed by atoms with Crippen molar-refractivity contribution in [2.24, 2.45) is 0 Å². The van der Waals surface area contributed by atoms with Gasteiger partial charge in [-0.25, -0.2) is 4.79 Å². The molecule has 3 heterocycles. The summed E-state index contributed by atoms with van der Waals surface area (Å²) in [6, 6.07) is 13.3. The molecule has 5 rings (SSSR count). The third kappa shape index (κ3) is 8.24. The van der Waals surface area contributed by atoms with Gasteiger partial charge in [-0.3, -0.25) is 9.59 Å². The topological polar surface area (TPSA) is 172 Å². The standard InChI is InChI=1S/C23H27NO4.C6H8O7/c1-2-12-24(11-1)19(7-3-17-5-9-20-22(13-17)27-15-25-20)8-4-18-6-10-21-23(14-18)28-16-26-21;7-3(8)1-6(13,5(11)12)2-4(9)10/h5-6,9-10,13-14,19H,1-4,7-8,11-12,15-16H2;13H,1-2H2,(H,7,8)(H,9,10)(H,11,12). The molecule has 3 aliphatic heterocycles. The maximum atomic E-state index is 10.3. The number of hydrogen-bond acceptors (Lipinski definition) is 9. The van der Waals surface area contributed by atoms with Gasteiger partial charge >= 0.3 is 17.9 Å². The number of carboxylic acids is 3. The van der Waals surface area contributed by atoms with Crippen molar-refractivity contribution in [1.82, 2.24) is 4.90 Å². The fourth-order valence-electron chi connectivity index (χ4n) is 5.19. The number of aliphatic carboxylic acids is 3. The number of carbonyl (C=O) groups is 3. The average molecular weight is 574 g/mol. The van der Waals surface area contributed by atoms with E-state index in [4.69, 9.17) is 39.4 Å². The normalized spacial score (nSPS) is 15.5. The number of benzene rings is 2. The number of fused-ring (bicyclic) bond motifs is 2. The summed E-state index contributed by atoms with van der Waals surface area (Å²) >= 11 is 0. The smallest absolute Gasteiger partial charge is 0.336 e. The fraction of sp³-hybridized carbons (Fsp3) is 0.483. The minimum Gasteiger partial charge on any atom is -0.481 e. The Hall–Kier alpha value is -4.03. The van der Waals surface area contributed by atoms with Crippen molar-refractivity contribution in [3.05, 3.63) is 47.5 Å². The number of aliphatic hydroxyl groups is 1. The zero-order chi connectivity index (χ0) is 29.4. The van der Waals surface area contributed by atoms with Gasteiger partial charge in [0, 0.05) is 6.04 Å². The van der Waals surface area contributed by atoms with Gasteiger partial charge in [0.25, 0.3) is 0 Å². The van der Waals surface area contributed by atoms with E-state index >= 15 is 0 Å². The molecule has 41 heavy (non-hydrogen) atoms. The van der Waals surface area contributed by atoms with Crippen LogP contribution in [0.3, 0.4) is 0 Å². The van der Waals surface area contributed by atoms with Crippen LogP contribution in [0.2, 0.25) is 0 Å². The lowest BCUT2D eigenvalue weighted by atomic mass is 9.96. The van der Waals surface area contributed by atoms with E-state index in [1.165, 1.54) is 49.9 Å². The minimum atomic E-state index is -2.74. The zero-order valence-corrected chi connectivity index (χ0v) is 22.6. The fourth-order valence-corrected chi connectivity index (χ4v) is 5.19. The highest BCUT2D eigenvalue weighted by Gasteiger charge is 2.40. The number of carboxylic acid groups (broad SMARTS) is 3. The molecule has 0 unspecified atom stereocenters. The van der Waals surface area contributed by atoms with E-state index in [1.807, 2.05) is 12.1 Å². The van der Waals surface area contributed by atoms with Gasteiger partial charge in [0.15, 0.2) is 28.6 Å². The van der Waals surface area contributed by atoms with Crippen LogP contribution >= 0.6 is 0 Å². The molecular formula is C29H35NO11. The van der Waals surface area contributed by atoms with Crippen LogP contribution in [0, 0.1) is 0 Å². The first-order chi connectivity index (χ1) is 19.6. The average Bonchev–Trinajstić information content (AvgIpc) is 3.69. The van der Waals surface area contributed by atoms with Crippen molar-refractivity contribution in [2.75, 3.05) is 26.7 Å². The van der Waals surface area contributed by atoms with Gasteiger partial charge in [-0.1, -0.05) is 12.1 Å². The van der Waals surface area contributed by atoms with Crippen LogP contribution in [0.25, 0.3) is 0 Å². The SMILES string of the molecule is O=C(O)CC(O)(CC(=O)O)C(=O)O.c1cc2c(cc1CCC(CCc1ccc3c(c1)OCO3)N1CCCC1)OCO2. The van der Waals surface area contributed by atoms with Crippen molar-refractivity contribution < 1.29 is 53.8 Å². The monoisotopic (exact) mass is 573 g/mol. The third-order valence-corrected chi connectivity index (χ3v) is 7.35. The van der Waals surface area contributed by atoms with E-state index in [1.54, 1.807) is 0 Å². The molecule has 0 spiro atoms. The summed E-state index contributed by atoms with van der Waals surface area (Å²) in [5.41, 5.74) is -0.0782. The molecule has 0 radical (unpaired) electrons. The summed E-state index contributed by atoms with van der Waals surface area (Å²) in [5, 5.41) is 33.8. The summed E-state index contributed by atoms with van der Waals surface area (Å²) in [4.78, 5) is 33.2. The maximum absolute atomic E-state index is 10.3. The van der Waals surface area contributed by atoms with Crippen LogP contribution in [-0.2, 0) is 27.2 Å². The van der Waals surface area contributed by atoms with Gasteiger partial charge in [-0.05, 0) is 87.0 Å². The van der Waals surface area contributed by atoms with Crippen LogP contribution in [0.5, 0.6) is 23.0 Å². The second-order valence-electron chi connectivity index (χ2n) is 10.3. The molecule has 1 fully saturated rings. The van der Waals surface area contributed by atoms with Gasteiger partial charge in [0.2, 0.25) is 13.6 Å². The molecule has 2 aromatic carbocycles. The van der Waals surface area contributed by atoms with Crippen LogP contribution in [0.15, 0.2) is 36.4 Å². The molecule has 1 saturated heterocycles. The molecule has 0 amide bonds. The van der Waals surface area contributed by atoms with Crippen LogP contribution < -0.4 is 18.9 Å². The van der Waals surface area contributed by atoms with Crippen molar-refractivity contribution in [1.29, 1.82) is 0 Å². The Morgan fingerprint density at radius 2 is 1.17 bits per heavy atom. The van der Waals surface area contributed by atoms with Crippen LogP contribution in [-0.4, -0.2) is 81.6 Å². The molecule has 12 heteroatoms. The Morgan fingerprint density at radius 3 is 1.59 bits per heavy atom. The highest BCUT2D eigenvalue weighted by atomic mass is 16.7. The Labute approximate surface area is 237 Å². The second kappa shape index (κ2) is 13.6. The number of nitrogens with zero attached hydrogens (tertiary/aromatic N) is 1. The van der Waals surface area contributed by atoms with Crippen molar-refractivity contribution in [3.8, 4) is 23.0 Å². The third-order valence-electron chi connectivity index (χ3n) is 7.35. The number of aryl methyl sites for hydroxylation is 2. The number of hydrogen-bond donors (Lipinski definition) is 4. The lowest BCUT2D eigenvalue weighted by Crippen LogP contribution is -2.42. The molecule has 0 aromatic heterocycles. The van der Waals surface area contributed by atoms with Gasteiger partial charge in [-0.15, -0.1) is 0 Å². The minimum absolute atomic E-state index is 0.338. The molecule has 0 saturated carbocycles. The van der Waals surface area contributed by atoms with Gasteiger partial charge in [-0.2, -0.15) is 0 Å². The Balaban J connectivity index is 0.000000254. The molecule has 4 N–H and O–H groups in total. The van der Waals surface area contributed by atoms with Crippen molar-refractivity contribution >= 4 is 17.9 Å². The molecule has 0 bridgehead atoms. The van der Waals surface area contributed by atoms with E-state index in [2.05, 4.69) is 29.2 Å². The Morgan fingerprint density at radius 1 is 0.732 bits per heavy atom. The van der Waals surface area contributed by atoms with Gasteiger partial charge in [0.1, 0.15) is 0 Å². The van der Waals surface area contributed by atoms with E-state index in [-0.39, 0.29) is 0 Å². The van der Waals surface area contributed by atoms with E-state index in [0.717, 1.165) is 35.8 Å². The van der Waals surface area contributed by atoms with E-state index in [9.17, 15) is 14.4 Å². The molecule has 2 aromatic rings. The highest BCUT2D eigenvalue weighted by Crippen LogP contribution is 2.34. The van der Waals surface area contributed by atoms with Crippen molar-refractivity contribution in [2.45, 2.75) is 63.0 Å². The first-order valence-corrected chi connectivity index (χ1v) is 13.5. The first kappa shape index (κ1) is 29.9. The molecular weight excluding hydrogens is 538 g/mol. The molecule has 0 atom stereocenters. The molecule has 12 nitrogen and oxygen atoms in total. The summed E-state index contributed by atoms with van der Waals surface area (Å²) < 4.78 is 21.9. The Bertz CT molecular complexity index is 1160. The van der Waals surface area contributed by atoms with Crippen LogP contribution in [0.1, 0.15) is 49.7 Å². The molecule has 0 aliphatic carbocycles. The Kier molecular flexibility index (Phi) is 9.90. The van der Waals surface area contributed by atoms with E-state index in [0.29, 0.717) is 19.6 Å². The second-order valence-corrected chi connectivity index (χ2v) is 10.3. The van der Waals surface area contributed by atoms with Gasteiger partial charge < -0.3 is 44.3 Å². The predicted octanol–water partition coefficient (Wildman–Crippen LogP) is 2.93. The number of likely N-dealkylation sites (tertiary alicyclic amines) is 1.